The zero-order valence-corrected chi connectivity index (χ0v) is 15.8. The number of nitrogens with zero attached hydrogens (tertiary/aromatic N) is 1. The van der Waals surface area contributed by atoms with Gasteiger partial charge in [0, 0.05) is 5.41 Å². The van der Waals surface area contributed by atoms with E-state index in [0.717, 1.165) is 26.4 Å². The molecule has 0 atom stereocenters. The van der Waals surface area contributed by atoms with Crippen LogP contribution in [0.5, 0.6) is 5.75 Å². The third-order valence-electron chi connectivity index (χ3n) is 5.47. The number of phenolic OH excluding ortho intramolecular Hbond substituents is 1. The molecule has 4 aromatic rings. The number of rotatable bonds is 1. The molecule has 1 heterocycles. The van der Waals surface area contributed by atoms with Gasteiger partial charge in [-0.2, -0.15) is 0 Å². The van der Waals surface area contributed by atoms with Gasteiger partial charge in [0.25, 0.3) is 0 Å². The second-order valence-electron chi connectivity index (χ2n) is 7.58. The highest BCUT2D eigenvalue weighted by molar-refractivity contribution is 7.21. The molecular weight excluding hydrogens is 338 g/mol. The van der Waals surface area contributed by atoms with Gasteiger partial charge < -0.3 is 5.11 Å². The van der Waals surface area contributed by atoms with Gasteiger partial charge in [0.2, 0.25) is 0 Å². The number of hydrogen-bond acceptors (Lipinski definition) is 3. The number of aromatic nitrogens is 1. The van der Waals surface area contributed by atoms with Gasteiger partial charge in [0.15, 0.2) is 0 Å². The second-order valence-corrected chi connectivity index (χ2v) is 8.61. The maximum absolute atomic E-state index is 10.8. The fourth-order valence-corrected chi connectivity index (χ4v) is 5.03. The van der Waals surface area contributed by atoms with E-state index in [2.05, 4.69) is 51.1 Å². The number of phenols is 1. The van der Waals surface area contributed by atoms with Crippen LogP contribution >= 0.6 is 11.3 Å². The Bertz CT molecular complexity index is 1150. The Hall–Kier alpha value is -2.65. The van der Waals surface area contributed by atoms with E-state index in [1.165, 1.54) is 22.3 Å². The first-order valence-electron chi connectivity index (χ1n) is 8.80. The molecule has 26 heavy (non-hydrogen) atoms. The van der Waals surface area contributed by atoms with Crippen LogP contribution in [0.3, 0.4) is 0 Å². The minimum absolute atomic E-state index is 0.0875. The zero-order valence-electron chi connectivity index (χ0n) is 15.0. The molecular formula is C23H19NOS. The van der Waals surface area contributed by atoms with Gasteiger partial charge in [0.1, 0.15) is 10.8 Å². The van der Waals surface area contributed by atoms with Crippen molar-refractivity contribution < 1.29 is 5.11 Å². The summed E-state index contributed by atoms with van der Waals surface area (Å²) in [6.07, 6.45) is 0. The average Bonchev–Trinajstić information content (AvgIpc) is 3.12. The lowest BCUT2D eigenvalue weighted by molar-refractivity contribution is 0.477. The Morgan fingerprint density at radius 1 is 0.885 bits per heavy atom. The van der Waals surface area contributed by atoms with Gasteiger partial charge in [-0.25, -0.2) is 4.98 Å². The molecule has 0 spiro atoms. The molecule has 0 unspecified atom stereocenters. The normalized spacial score (nSPS) is 14.4. The minimum Gasteiger partial charge on any atom is -0.507 e. The van der Waals surface area contributed by atoms with E-state index >= 15 is 0 Å². The smallest absolute Gasteiger partial charge is 0.128 e. The van der Waals surface area contributed by atoms with E-state index in [1.807, 2.05) is 24.3 Å². The molecule has 1 aromatic heterocycles. The number of aromatic hydroxyl groups is 1. The van der Waals surface area contributed by atoms with Crippen molar-refractivity contribution in [3.63, 3.8) is 0 Å². The molecule has 128 valence electrons. The molecule has 1 N–H and O–H groups in total. The van der Waals surface area contributed by atoms with E-state index in [1.54, 1.807) is 11.3 Å². The molecule has 0 saturated carbocycles. The Morgan fingerprint density at radius 2 is 1.65 bits per heavy atom. The Labute approximate surface area is 156 Å². The topological polar surface area (TPSA) is 33.1 Å². The fourth-order valence-electron chi connectivity index (χ4n) is 4.04. The molecule has 0 radical (unpaired) electrons. The Morgan fingerprint density at radius 3 is 2.46 bits per heavy atom. The monoisotopic (exact) mass is 357 g/mol. The maximum atomic E-state index is 10.8. The summed E-state index contributed by atoms with van der Waals surface area (Å²) in [6.45, 7) is 6.65. The van der Waals surface area contributed by atoms with Crippen molar-refractivity contribution in [3.05, 3.63) is 71.3 Å². The van der Waals surface area contributed by atoms with E-state index in [0.29, 0.717) is 5.75 Å². The highest BCUT2D eigenvalue weighted by Crippen LogP contribution is 2.52. The third-order valence-corrected chi connectivity index (χ3v) is 6.54. The van der Waals surface area contributed by atoms with Crippen LogP contribution in [0.1, 0.15) is 30.5 Å². The number of thiazole rings is 1. The number of aryl methyl sites for hydroxylation is 1. The molecule has 0 fully saturated rings. The largest absolute Gasteiger partial charge is 0.507 e. The van der Waals surface area contributed by atoms with Crippen molar-refractivity contribution >= 4 is 21.6 Å². The second kappa shape index (κ2) is 5.18. The molecule has 3 heteroatoms. The van der Waals surface area contributed by atoms with Gasteiger partial charge in [0.05, 0.1) is 15.8 Å². The summed E-state index contributed by atoms with van der Waals surface area (Å²) >= 11 is 1.63. The summed E-state index contributed by atoms with van der Waals surface area (Å²) in [5, 5.41) is 11.6. The first kappa shape index (κ1) is 15.6. The predicted octanol–water partition coefficient (Wildman–Crippen LogP) is 6.28. The number of benzene rings is 3. The van der Waals surface area contributed by atoms with Gasteiger partial charge in [-0.15, -0.1) is 11.3 Å². The highest BCUT2D eigenvalue weighted by Gasteiger charge is 2.36. The summed E-state index contributed by atoms with van der Waals surface area (Å²) < 4.78 is 1.14. The van der Waals surface area contributed by atoms with E-state index < -0.39 is 0 Å². The summed E-state index contributed by atoms with van der Waals surface area (Å²) in [4.78, 5) is 4.74. The lowest BCUT2D eigenvalue weighted by atomic mass is 9.81. The maximum Gasteiger partial charge on any atom is 0.128 e. The van der Waals surface area contributed by atoms with Crippen LogP contribution in [0.25, 0.3) is 31.9 Å². The summed E-state index contributed by atoms with van der Waals surface area (Å²) in [7, 11) is 0. The van der Waals surface area contributed by atoms with Crippen LogP contribution < -0.4 is 0 Å². The van der Waals surface area contributed by atoms with Crippen LogP contribution in [0.2, 0.25) is 0 Å². The number of para-hydroxylation sites is 1. The lowest BCUT2D eigenvalue weighted by Gasteiger charge is -2.22. The van der Waals surface area contributed by atoms with Gasteiger partial charge in [-0.05, 0) is 53.4 Å². The van der Waals surface area contributed by atoms with E-state index in [9.17, 15) is 5.11 Å². The number of fused-ring (bicyclic) bond motifs is 4. The number of hydrogen-bond donors (Lipinski definition) is 1. The molecule has 0 amide bonds. The van der Waals surface area contributed by atoms with E-state index in [4.69, 9.17) is 4.98 Å². The van der Waals surface area contributed by atoms with E-state index in [-0.39, 0.29) is 5.41 Å². The molecule has 2 nitrogen and oxygen atoms in total. The van der Waals surface area contributed by atoms with Gasteiger partial charge >= 0.3 is 0 Å². The molecule has 0 bridgehead atoms. The van der Waals surface area contributed by atoms with Crippen LogP contribution in [0.15, 0.2) is 54.6 Å². The molecule has 0 saturated heterocycles. The minimum atomic E-state index is -0.0875. The lowest BCUT2D eigenvalue weighted by Crippen LogP contribution is -2.15. The highest BCUT2D eigenvalue weighted by atomic mass is 32.1. The molecule has 5 rings (SSSR count). The van der Waals surface area contributed by atoms with Gasteiger partial charge in [-0.1, -0.05) is 49.7 Å². The van der Waals surface area contributed by atoms with Crippen molar-refractivity contribution in [1.82, 2.24) is 4.98 Å². The fraction of sp³-hybridized carbons (Fsp3) is 0.174. The third kappa shape index (κ3) is 2.07. The molecule has 1 aliphatic rings. The van der Waals surface area contributed by atoms with Crippen molar-refractivity contribution in [2.75, 3.05) is 0 Å². The van der Waals surface area contributed by atoms with Crippen molar-refractivity contribution in [2.45, 2.75) is 26.2 Å². The van der Waals surface area contributed by atoms with Crippen molar-refractivity contribution in [3.8, 4) is 27.4 Å². The summed E-state index contributed by atoms with van der Waals surface area (Å²) in [6, 6.07) is 18.7. The average molecular weight is 357 g/mol. The predicted molar refractivity (Wildman–Crippen MR) is 109 cm³/mol. The Kier molecular flexibility index (Phi) is 3.11. The van der Waals surface area contributed by atoms with Crippen molar-refractivity contribution in [1.29, 1.82) is 0 Å². The van der Waals surface area contributed by atoms with Crippen LogP contribution in [-0.2, 0) is 5.41 Å². The first-order valence-corrected chi connectivity index (χ1v) is 9.62. The Balaban J connectivity index is 1.75. The molecule has 1 aliphatic carbocycles. The standard InChI is InChI=1S/C23H19NOS/c1-13-8-9-14-15-12-20(25)16(11-18(15)23(2,3)17(14)10-13)22-24-19-6-4-5-7-21(19)26-22/h4-12,25H,1-3H3. The molecule has 0 aliphatic heterocycles. The van der Waals surface area contributed by atoms with Crippen LogP contribution in [0.4, 0.5) is 0 Å². The first-order chi connectivity index (χ1) is 12.4. The quantitative estimate of drug-likeness (QED) is 0.435. The molecule has 3 aromatic carbocycles. The SMILES string of the molecule is Cc1ccc2c(c1)C(C)(C)c1cc(-c3nc4ccccc4s3)c(O)cc1-2. The zero-order chi connectivity index (χ0) is 18.1. The van der Waals surface area contributed by atoms with Crippen LogP contribution in [0, 0.1) is 6.92 Å². The van der Waals surface area contributed by atoms with Crippen molar-refractivity contribution in [2.24, 2.45) is 0 Å². The van der Waals surface area contributed by atoms with Gasteiger partial charge in [-0.3, -0.25) is 0 Å². The van der Waals surface area contributed by atoms with Crippen LogP contribution in [-0.4, -0.2) is 10.1 Å². The summed E-state index contributed by atoms with van der Waals surface area (Å²) in [5.74, 6) is 0.298. The summed E-state index contributed by atoms with van der Waals surface area (Å²) in [5.41, 5.74) is 7.91.